The standard InChI is InChI=1S/C14H20N2O2/c1-4-18-14(17)10-7-11-15-12-8-5-6-9-13(12)16(2)3/h5-10,15H,4,11H2,1-3H3/b10-7+. The van der Waals surface area contributed by atoms with Crippen LogP contribution >= 0.6 is 0 Å². The molecule has 0 aliphatic carbocycles. The van der Waals surface area contributed by atoms with Gasteiger partial charge in [0.1, 0.15) is 0 Å². The van der Waals surface area contributed by atoms with Gasteiger partial charge in [-0.05, 0) is 19.1 Å². The van der Waals surface area contributed by atoms with Crippen LogP contribution in [0.3, 0.4) is 0 Å². The molecule has 0 saturated carbocycles. The molecule has 0 aromatic heterocycles. The zero-order chi connectivity index (χ0) is 13.4. The number of hydrogen-bond donors (Lipinski definition) is 1. The SMILES string of the molecule is CCOC(=O)/C=C/CNc1ccccc1N(C)C. The Labute approximate surface area is 108 Å². The molecule has 0 amide bonds. The summed E-state index contributed by atoms with van der Waals surface area (Å²) in [5, 5.41) is 3.26. The van der Waals surface area contributed by atoms with E-state index >= 15 is 0 Å². The largest absolute Gasteiger partial charge is 0.463 e. The average molecular weight is 248 g/mol. The molecule has 0 aliphatic heterocycles. The highest BCUT2D eigenvalue weighted by Crippen LogP contribution is 2.22. The third-order valence-electron chi connectivity index (χ3n) is 2.34. The molecule has 18 heavy (non-hydrogen) atoms. The van der Waals surface area contributed by atoms with Gasteiger partial charge in [-0.15, -0.1) is 0 Å². The Hall–Kier alpha value is -1.97. The molecule has 1 N–H and O–H groups in total. The van der Waals surface area contributed by atoms with Crippen LogP contribution in [-0.2, 0) is 9.53 Å². The minimum atomic E-state index is -0.305. The predicted molar refractivity (Wildman–Crippen MR) is 75.0 cm³/mol. The number of ether oxygens (including phenoxy) is 1. The van der Waals surface area contributed by atoms with Crippen molar-refractivity contribution in [1.29, 1.82) is 0 Å². The van der Waals surface area contributed by atoms with E-state index in [2.05, 4.69) is 5.32 Å². The molecule has 4 nitrogen and oxygen atoms in total. The second-order valence-corrected chi connectivity index (χ2v) is 3.95. The Morgan fingerprint density at radius 3 is 2.78 bits per heavy atom. The summed E-state index contributed by atoms with van der Waals surface area (Å²) in [5.41, 5.74) is 2.15. The summed E-state index contributed by atoms with van der Waals surface area (Å²) in [5.74, 6) is -0.305. The fourth-order valence-electron chi connectivity index (χ4n) is 1.53. The molecule has 0 atom stereocenters. The van der Waals surface area contributed by atoms with Gasteiger partial charge in [-0.2, -0.15) is 0 Å². The van der Waals surface area contributed by atoms with E-state index in [1.165, 1.54) is 6.08 Å². The molecule has 0 radical (unpaired) electrons. The van der Waals surface area contributed by atoms with Gasteiger partial charge in [-0.1, -0.05) is 18.2 Å². The number of esters is 1. The number of carbonyl (C=O) groups is 1. The van der Waals surface area contributed by atoms with Crippen molar-refractivity contribution in [3.8, 4) is 0 Å². The van der Waals surface area contributed by atoms with Crippen molar-refractivity contribution in [1.82, 2.24) is 0 Å². The Kier molecular flexibility index (Phi) is 5.77. The fraction of sp³-hybridized carbons (Fsp3) is 0.357. The van der Waals surface area contributed by atoms with Crippen molar-refractivity contribution in [2.24, 2.45) is 0 Å². The van der Waals surface area contributed by atoms with E-state index in [1.807, 2.05) is 43.3 Å². The smallest absolute Gasteiger partial charge is 0.330 e. The van der Waals surface area contributed by atoms with Gasteiger partial charge in [0, 0.05) is 26.7 Å². The van der Waals surface area contributed by atoms with Crippen molar-refractivity contribution in [3.05, 3.63) is 36.4 Å². The summed E-state index contributed by atoms with van der Waals surface area (Å²) < 4.78 is 4.79. The lowest BCUT2D eigenvalue weighted by molar-refractivity contribution is -0.137. The van der Waals surface area contributed by atoms with Crippen molar-refractivity contribution in [3.63, 3.8) is 0 Å². The second-order valence-electron chi connectivity index (χ2n) is 3.95. The van der Waals surface area contributed by atoms with Crippen LogP contribution in [0.2, 0.25) is 0 Å². The maximum atomic E-state index is 11.1. The van der Waals surface area contributed by atoms with E-state index in [4.69, 9.17) is 4.74 Å². The van der Waals surface area contributed by atoms with Crippen LogP contribution in [0.1, 0.15) is 6.92 Å². The van der Waals surface area contributed by atoms with E-state index in [0.717, 1.165) is 11.4 Å². The van der Waals surface area contributed by atoms with Crippen LogP contribution < -0.4 is 10.2 Å². The van der Waals surface area contributed by atoms with Crippen molar-refractivity contribution in [2.45, 2.75) is 6.92 Å². The van der Waals surface area contributed by atoms with Gasteiger partial charge in [-0.3, -0.25) is 0 Å². The van der Waals surface area contributed by atoms with E-state index in [1.54, 1.807) is 13.0 Å². The lowest BCUT2D eigenvalue weighted by Gasteiger charge is -2.17. The minimum Gasteiger partial charge on any atom is -0.463 e. The third kappa shape index (κ3) is 4.49. The molecular weight excluding hydrogens is 228 g/mol. The molecule has 0 bridgehead atoms. The number of rotatable bonds is 6. The van der Waals surface area contributed by atoms with Crippen molar-refractivity contribution < 1.29 is 9.53 Å². The van der Waals surface area contributed by atoms with Crippen LogP contribution in [0.4, 0.5) is 11.4 Å². The highest BCUT2D eigenvalue weighted by molar-refractivity contribution is 5.82. The number of benzene rings is 1. The first kappa shape index (κ1) is 14.1. The summed E-state index contributed by atoms with van der Waals surface area (Å²) in [4.78, 5) is 13.1. The number of para-hydroxylation sites is 2. The minimum absolute atomic E-state index is 0.305. The average Bonchev–Trinajstić information content (AvgIpc) is 2.35. The van der Waals surface area contributed by atoms with E-state index < -0.39 is 0 Å². The predicted octanol–water partition coefficient (Wildman–Crippen LogP) is 2.28. The van der Waals surface area contributed by atoms with Crippen LogP contribution in [-0.4, -0.2) is 33.2 Å². The first-order chi connectivity index (χ1) is 8.65. The van der Waals surface area contributed by atoms with Crippen LogP contribution in [0.25, 0.3) is 0 Å². The van der Waals surface area contributed by atoms with Gasteiger partial charge in [0.05, 0.1) is 18.0 Å². The lowest BCUT2D eigenvalue weighted by Crippen LogP contribution is -2.12. The molecule has 1 aromatic rings. The molecule has 1 aromatic carbocycles. The lowest BCUT2D eigenvalue weighted by atomic mass is 10.2. The maximum Gasteiger partial charge on any atom is 0.330 e. The Morgan fingerprint density at radius 1 is 1.39 bits per heavy atom. The quantitative estimate of drug-likeness (QED) is 0.619. The number of nitrogens with one attached hydrogen (secondary N) is 1. The second kappa shape index (κ2) is 7.37. The number of hydrogen-bond acceptors (Lipinski definition) is 4. The summed E-state index contributed by atoms with van der Waals surface area (Å²) in [6, 6.07) is 8.02. The van der Waals surface area contributed by atoms with Crippen LogP contribution in [0, 0.1) is 0 Å². The van der Waals surface area contributed by atoms with Crippen LogP contribution in [0.15, 0.2) is 36.4 Å². The zero-order valence-electron chi connectivity index (χ0n) is 11.1. The van der Waals surface area contributed by atoms with Gasteiger partial charge in [0.2, 0.25) is 0 Å². The van der Waals surface area contributed by atoms with Gasteiger partial charge < -0.3 is 15.0 Å². The van der Waals surface area contributed by atoms with Gasteiger partial charge in [-0.25, -0.2) is 4.79 Å². The third-order valence-corrected chi connectivity index (χ3v) is 2.34. The molecule has 98 valence electrons. The summed E-state index contributed by atoms with van der Waals surface area (Å²) in [6.45, 7) is 2.78. The first-order valence-corrected chi connectivity index (χ1v) is 5.98. The molecule has 0 heterocycles. The van der Waals surface area contributed by atoms with E-state index in [9.17, 15) is 4.79 Å². The van der Waals surface area contributed by atoms with Crippen molar-refractivity contribution in [2.75, 3.05) is 37.5 Å². The molecular formula is C14H20N2O2. The molecule has 1 rings (SSSR count). The summed E-state index contributed by atoms with van der Waals surface area (Å²) >= 11 is 0. The molecule has 4 heteroatoms. The molecule has 0 saturated heterocycles. The Bertz CT molecular complexity index is 414. The Morgan fingerprint density at radius 2 is 2.11 bits per heavy atom. The molecule has 0 spiro atoms. The first-order valence-electron chi connectivity index (χ1n) is 5.98. The number of anilines is 2. The monoisotopic (exact) mass is 248 g/mol. The van der Waals surface area contributed by atoms with Crippen molar-refractivity contribution >= 4 is 17.3 Å². The normalized spacial score (nSPS) is 10.4. The Balaban J connectivity index is 2.51. The number of carbonyl (C=O) groups excluding carboxylic acids is 1. The van der Waals surface area contributed by atoms with E-state index in [-0.39, 0.29) is 5.97 Å². The van der Waals surface area contributed by atoms with Gasteiger partial charge >= 0.3 is 5.97 Å². The summed E-state index contributed by atoms with van der Waals surface area (Å²) in [7, 11) is 3.99. The van der Waals surface area contributed by atoms with Crippen LogP contribution in [0.5, 0.6) is 0 Å². The highest BCUT2D eigenvalue weighted by Gasteiger charge is 2.01. The number of nitrogens with zero attached hydrogens (tertiary/aromatic N) is 1. The van der Waals surface area contributed by atoms with Gasteiger partial charge in [0.25, 0.3) is 0 Å². The van der Waals surface area contributed by atoms with E-state index in [0.29, 0.717) is 13.2 Å². The molecule has 0 fully saturated rings. The zero-order valence-corrected chi connectivity index (χ0v) is 11.1. The molecule has 0 unspecified atom stereocenters. The topological polar surface area (TPSA) is 41.6 Å². The fourth-order valence-corrected chi connectivity index (χ4v) is 1.53. The maximum absolute atomic E-state index is 11.1. The van der Waals surface area contributed by atoms with Gasteiger partial charge in [0.15, 0.2) is 0 Å². The molecule has 0 aliphatic rings. The summed E-state index contributed by atoms with van der Waals surface area (Å²) in [6.07, 6.45) is 3.19. The highest BCUT2D eigenvalue weighted by atomic mass is 16.5.